The summed E-state index contributed by atoms with van der Waals surface area (Å²) >= 11 is 0. The molecule has 0 saturated heterocycles. The Labute approximate surface area is 111 Å². The fourth-order valence-electron chi connectivity index (χ4n) is 3.38. The molecule has 0 aliphatic heterocycles. The second-order valence-electron chi connectivity index (χ2n) is 5.49. The minimum absolute atomic E-state index is 0.117. The third-order valence-corrected chi connectivity index (χ3v) is 4.31. The van der Waals surface area contributed by atoms with Gasteiger partial charge >= 0.3 is 5.97 Å². The predicted octanol–water partition coefficient (Wildman–Crippen LogP) is 1.08. The predicted molar refractivity (Wildman–Crippen MR) is 65.2 cm³/mol. The Morgan fingerprint density at radius 2 is 1.95 bits per heavy atom. The highest BCUT2D eigenvalue weighted by Gasteiger charge is 2.58. The van der Waals surface area contributed by atoms with Crippen molar-refractivity contribution >= 4 is 23.3 Å². The topological polar surface area (TPSA) is 77.5 Å². The van der Waals surface area contributed by atoms with Crippen molar-refractivity contribution in [3.63, 3.8) is 0 Å². The van der Waals surface area contributed by atoms with E-state index in [0.717, 1.165) is 6.42 Å². The molecular weight excluding hydrogens is 248 g/mol. The molecular formula is C14H18O5. The largest absolute Gasteiger partial charge is 0.465 e. The van der Waals surface area contributed by atoms with E-state index in [2.05, 4.69) is 0 Å². The number of carbonyl (C=O) groups excluding carboxylic acids is 4. The molecule has 0 heterocycles. The highest BCUT2D eigenvalue weighted by molar-refractivity contribution is 6.24. The number of hydrogen-bond donors (Lipinski definition) is 0. The summed E-state index contributed by atoms with van der Waals surface area (Å²) in [7, 11) is 0. The van der Waals surface area contributed by atoms with Gasteiger partial charge in [-0.25, -0.2) is 0 Å². The molecule has 0 bridgehead atoms. The van der Waals surface area contributed by atoms with Gasteiger partial charge in [-0.05, 0) is 32.1 Å². The van der Waals surface area contributed by atoms with Crippen LogP contribution in [-0.2, 0) is 23.9 Å². The lowest BCUT2D eigenvalue weighted by Gasteiger charge is -2.49. The molecule has 0 aromatic heterocycles. The van der Waals surface area contributed by atoms with Crippen LogP contribution >= 0.6 is 0 Å². The standard InChI is InChI=1S/C14H18O5/c1-3-19-13(18)10-9(16)7-14(5-4-6-14)11(8(2)15)12(10)17/h10-11H,3-7H2,1-2H3. The number of Topliss-reactive ketones (excluding diaryl/α,β-unsaturated/α-hetero) is 3. The number of rotatable bonds is 3. The van der Waals surface area contributed by atoms with Crippen LogP contribution in [-0.4, -0.2) is 29.9 Å². The number of carbonyl (C=O) groups is 4. The van der Waals surface area contributed by atoms with Crippen LogP contribution in [0.15, 0.2) is 0 Å². The zero-order valence-electron chi connectivity index (χ0n) is 11.2. The average Bonchev–Trinajstić information content (AvgIpc) is 2.25. The summed E-state index contributed by atoms with van der Waals surface area (Å²) in [6, 6.07) is 0. The van der Waals surface area contributed by atoms with E-state index in [1.807, 2.05) is 0 Å². The molecule has 2 aliphatic carbocycles. The lowest BCUT2D eigenvalue weighted by molar-refractivity contribution is -0.165. The first kappa shape index (κ1) is 13.9. The first-order chi connectivity index (χ1) is 8.93. The van der Waals surface area contributed by atoms with Gasteiger partial charge < -0.3 is 4.74 Å². The fraction of sp³-hybridized carbons (Fsp3) is 0.714. The average molecular weight is 266 g/mol. The maximum atomic E-state index is 12.4. The lowest BCUT2D eigenvalue weighted by Crippen LogP contribution is -2.56. The van der Waals surface area contributed by atoms with Crippen molar-refractivity contribution in [1.82, 2.24) is 0 Å². The summed E-state index contributed by atoms with van der Waals surface area (Å²) in [5.74, 6) is -4.19. The van der Waals surface area contributed by atoms with Crippen molar-refractivity contribution in [3.05, 3.63) is 0 Å². The van der Waals surface area contributed by atoms with Crippen molar-refractivity contribution in [1.29, 1.82) is 0 Å². The van der Waals surface area contributed by atoms with Crippen LogP contribution in [0.2, 0.25) is 0 Å². The highest BCUT2D eigenvalue weighted by atomic mass is 16.5. The minimum Gasteiger partial charge on any atom is -0.465 e. The minimum atomic E-state index is -1.39. The maximum Gasteiger partial charge on any atom is 0.324 e. The summed E-state index contributed by atoms with van der Waals surface area (Å²) in [5, 5.41) is 0. The summed E-state index contributed by atoms with van der Waals surface area (Å²) in [6.07, 6.45) is 2.50. The van der Waals surface area contributed by atoms with Crippen molar-refractivity contribution in [3.8, 4) is 0 Å². The monoisotopic (exact) mass is 266 g/mol. The van der Waals surface area contributed by atoms with Crippen LogP contribution in [0.5, 0.6) is 0 Å². The van der Waals surface area contributed by atoms with Gasteiger partial charge in [0, 0.05) is 6.42 Å². The molecule has 2 fully saturated rings. The van der Waals surface area contributed by atoms with Gasteiger partial charge in [0.1, 0.15) is 5.78 Å². The summed E-state index contributed by atoms with van der Waals surface area (Å²) in [5.41, 5.74) is -0.511. The van der Waals surface area contributed by atoms with Crippen molar-refractivity contribution in [2.45, 2.75) is 39.5 Å². The second kappa shape index (κ2) is 4.87. The quantitative estimate of drug-likeness (QED) is 0.564. The Morgan fingerprint density at radius 3 is 2.37 bits per heavy atom. The van der Waals surface area contributed by atoms with Gasteiger partial charge in [-0.3, -0.25) is 19.2 Å². The molecule has 19 heavy (non-hydrogen) atoms. The van der Waals surface area contributed by atoms with E-state index in [9.17, 15) is 19.2 Å². The Morgan fingerprint density at radius 1 is 1.32 bits per heavy atom. The van der Waals surface area contributed by atoms with E-state index in [0.29, 0.717) is 12.8 Å². The third kappa shape index (κ3) is 2.11. The lowest BCUT2D eigenvalue weighted by atomic mass is 9.52. The van der Waals surface area contributed by atoms with E-state index in [1.54, 1.807) is 6.92 Å². The molecule has 104 valence electrons. The molecule has 0 N–H and O–H groups in total. The van der Waals surface area contributed by atoms with E-state index in [4.69, 9.17) is 4.74 Å². The molecule has 0 amide bonds. The van der Waals surface area contributed by atoms with E-state index < -0.39 is 29.0 Å². The summed E-state index contributed by atoms with van der Waals surface area (Å²) in [6.45, 7) is 3.10. The van der Waals surface area contributed by atoms with Gasteiger partial charge in [-0.15, -0.1) is 0 Å². The van der Waals surface area contributed by atoms with E-state index in [1.165, 1.54) is 6.92 Å². The Kier molecular flexibility index (Phi) is 3.56. The van der Waals surface area contributed by atoms with Crippen LogP contribution < -0.4 is 0 Å². The maximum absolute atomic E-state index is 12.4. The van der Waals surface area contributed by atoms with Crippen LogP contribution in [0.3, 0.4) is 0 Å². The normalized spacial score (nSPS) is 28.9. The van der Waals surface area contributed by atoms with E-state index in [-0.39, 0.29) is 24.6 Å². The van der Waals surface area contributed by atoms with Crippen molar-refractivity contribution in [2.75, 3.05) is 6.61 Å². The van der Waals surface area contributed by atoms with Gasteiger partial charge in [0.15, 0.2) is 17.5 Å². The molecule has 5 heteroatoms. The van der Waals surface area contributed by atoms with Crippen LogP contribution in [0.4, 0.5) is 0 Å². The summed E-state index contributed by atoms with van der Waals surface area (Å²) < 4.78 is 4.78. The first-order valence-electron chi connectivity index (χ1n) is 6.66. The number of esters is 1. The number of hydrogen-bond acceptors (Lipinski definition) is 5. The molecule has 2 rings (SSSR count). The SMILES string of the molecule is CCOC(=O)C1C(=O)CC2(CCC2)C(C(C)=O)C1=O. The van der Waals surface area contributed by atoms with E-state index >= 15 is 0 Å². The molecule has 2 aliphatic rings. The van der Waals surface area contributed by atoms with Gasteiger partial charge in [0.25, 0.3) is 0 Å². The van der Waals surface area contributed by atoms with Crippen LogP contribution in [0, 0.1) is 17.3 Å². The Balaban J connectivity index is 2.30. The molecule has 1 spiro atoms. The van der Waals surface area contributed by atoms with Gasteiger partial charge in [0.05, 0.1) is 12.5 Å². The molecule has 0 radical (unpaired) electrons. The van der Waals surface area contributed by atoms with Crippen molar-refractivity contribution in [2.24, 2.45) is 17.3 Å². The zero-order valence-corrected chi connectivity index (χ0v) is 11.2. The second-order valence-corrected chi connectivity index (χ2v) is 5.49. The number of ether oxygens (including phenoxy) is 1. The molecule has 0 aromatic rings. The smallest absolute Gasteiger partial charge is 0.324 e. The molecule has 0 aromatic carbocycles. The Bertz CT molecular complexity index is 447. The molecule has 5 nitrogen and oxygen atoms in total. The van der Waals surface area contributed by atoms with Gasteiger partial charge in [0.2, 0.25) is 0 Å². The first-order valence-corrected chi connectivity index (χ1v) is 6.66. The molecule has 2 unspecified atom stereocenters. The molecule has 2 atom stereocenters. The van der Waals surface area contributed by atoms with Crippen molar-refractivity contribution < 1.29 is 23.9 Å². The Hall–Kier alpha value is -1.52. The van der Waals surface area contributed by atoms with Gasteiger partial charge in [-0.1, -0.05) is 6.42 Å². The van der Waals surface area contributed by atoms with Gasteiger partial charge in [-0.2, -0.15) is 0 Å². The molecule has 2 saturated carbocycles. The third-order valence-electron chi connectivity index (χ3n) is 4.31. The zero-order chi connectivity index (χ0) is 14.2. The fourth-order valence-corrected chi connectivity index (χ4v) is 3.38. The van der Waals surface area contributed by atoms with Crippen LogP contribution in [0.25, 0.3) is 0 Å². The summed E-state index contributed by atoms with van der Waals surface area (Å²) in [4.78, 5) is 47.9. The number of ketones is 3. The van der Waals surface area contributed by atoms with Crippen LogP contribution in [0.1, 0.15) is 39.5 Å². The highest BCUT2D eigenvalue weighted by Crippen LogP contribution is 2.54.